The van der Waals surface area contributed by atoms with Crippen LogP contribution >= 0.6 is 23.2 Å². The minimum atomic E-state index is -3.78. The van der Waals surface area contributed by atoms with E-state index in [1.165, 1.54) is 18.2 Å². The molecule has 2 N–H and O–H groups in total. The van der Waals surface area contributed by atoms with Gasteiger partial charge in [-0.05, 0) is 79.6 Å². The van der Waals surface area contributed by atoms with Gasteiger partial charge in [0.05, 0.1) is 10.9 Å². The van der Waals surface area contributed by atoms with Gasteiger partial charge in [-0.1, -0.05) is 35.3 Å². The third kappa shape index (κ3) is 6.38. The Hall–Kier alpha value is -2.74. The van der Waals surface area contributed by atoms with E-state index in [0.717, 1.165) is 5.56 Å². The first-order valence-electron chi connectivity index (χ1n) is 9.71. The number of hydrogen-bond donors (Lipinski definition) is 2. The number of nitrogens with one attached hydrogen (secondary N) is 2. The Morgan fingerprint density at radius 1 is 0.969 bits per heavy atom. The van der Waals surface area contributed by atoms with Crippen LogP contribution < -0.4 is 14.8 Å². The summed E-state index contributed by atoms with van der Waals surface area (Å²) in [7, 11) is -3.78. The summed E-state index contributed by atoms with van der Waals surface area (Å²) in [6.07, 6.45) is 0. The Morgan fingerprint density at radius 3 is 2.16 bits per heavy atom. The summed E-state index contributed by atoms with van der Waals surface area (Å²) in [5.41, 5.74) is 1.91. The summed E-state index contributed by atoms with van der Waals surface area (Å²) in [5.74, 6) is 0.123. The zero-order valence-corrected chi connectivity index (χ0v) is 19.8. The summed E-state index contributed by atoms with van der Waals surface area (Å²) in [6.45, 7) is 3.37. The normalized spacial score (nSPS) is 12.1. The summed E-state index contributed by atoms with van der Waals surface area (Å²) >= 11 is 11.7. The predicted molar refractivity (Wildman–Crippen MR) is 127 cm³/mol. The lowest BCUT2D eigenvalue weighted by Gasteiger charge is -2.16. The number of anilines is 1. The van der Waals surface area contributed by atoms with Crippen molar-refractivity contribution in [3.8, 4) is 5.75 Å². The summed E-state index contributed by atoms with van der Waals surface area (Å²) in [5, 5.41) is 3.99. The van der Waals surface area contributed by atoms with Crippen LogP contribution in [0.3, 0.4) is 0 Å². The van der Waals surface area contributed by atoms with Crippen molar-refractivity contribution in [1.82, 2.24) is 5.32 Å². The van der Waals surface area contributed by atoms with Crippen molar-refractivity contribution in [1.29, 1.82) is 0 Å². The van der Waals surface area contributed by atoms with Gasteiger partial charge in [0.15, 0.2) is 6.61 Å². The zero-order chi connectivity index (χ0) is 23.3. The molecule has 3 aromatic carbocycles. The lowest BCUT2D eigenvalue weighted by molar-refractivity contribution is -0.123. The van der Waals surface area contributed by atoms with Crippen molar-refractivity contribution in [2.24, 2.45) is 0 Å². The van der Waals surface area contributed by atoms with Crippen LogP contribution in [0.15, 0.2) is 71.6 Å². The number of carbonyl (C=O) groups excluding carboxylic acids is 1. The second-order valence-electron chi connectivity index (χ2n) is 7.17. The van der Waals surface area contributed by atoms with E-state index in [9.17, 15) is 13.2 Å². The second kappa shape index (κ2) is 10.3. The van der Waals surface area contributed by atoms with E-state index < -0.39 is 10.0 Å². The molecular formula is C23H22Cl2N2O4S. The van der Waals surface area contributed by atoms with Gasteiger partial charge in [-0.15, -0.1) is 0 Å². The van der Waals surface area contributed by atoms with Gasteiger partial charge < -0.3 is 10.1 Å². The fraction of sp³-hybridized carbons (Fsp3) is 0.174. The second-order valence-corrected chi connectivity index (χ2v) is 9.72. The number of carbonyl (C=O) groups is 1. The van der Waals surface area contributed by atoms with Gasteiger partial charge in [-0.25, -0.2) is 8.42 Å². The number of amides is 1. The molecule has 1 amide bonds. The van der Waals surface area contributed by atoms with Crippen LogP contribution in [-0.2, 0) is 14.8 Å². The van der Waals surface area contributed by atoms with Crippen molar-refractivity contribution in [3.05, 3.63) is 87.9 Å². The fourth-order valence-corrected chi connectivity index (χ4v) is 4.34. The lowest BCUT2D eigenvalue weighted by atomic mass is 10.1. The van der Waals surface area contributed by atoms with Crippen molar-refractivity contribution in [2.75, 3.05) is 11.3 Å². The number of sulfonamides is 1. The quantitative estimate of drug-likeness (QED) is 0.443. The highest BCUT2D eigenvalue weighted by Crippen LogP contribution is 2.24. The highest BCUT2D eigenvalue weighted by atomic mass is 35.5. The number of halogens is 2. The van der Waals surface area contributed by atoms with Gasteiger partial charge in [-0.3, -0.25) is 9.52 Å². The summed E-state index contributed by atoms with van der Waals surface area (Å²) < 4.78 is 33.4. The monoisotopic (exact) mass is 492 g/mol. The SMILES string of the molecule is Cc1cc(S(=O)(=O)Nc2ccc(Cl)cc2)ccc1OCC(=O)NC(C)c1ccc(Cl)cc1. The number of ether oxygens (including phenoxy) is 1. The van der Waals surface area contributed by atoms with E-state index in [1.54, 1.807) is 43.3 Å². The van der Waals surface area contributed by atoms with E-state index in [0.29, 0.717) is 27.0 Å². The predicted octanol–water partition coefficient (Wildman–Crippen LogP) is 5.36. The molecule has 0 aliphatic rings. The van der Waals surface area contributed by atoms with Gasteiger partial charge >= 0.3 is 0 Å². The Labute approximate surface area is 197 Å². The first-order valence-corrected chi connectivity index (χ1v) is 11.9. The van der Waals surface area contributed by atoms with E-state index >= 15 is 0 Å². The first-order chi connectivity index (χ1) is 15.1. The molecule has 168 valence electrons. The highest BCUT2D eigenvalue weighted by molar-refractivity contribution is 7.92. The maximum Gasteiger partial charge on any atom is 0.261 e. The standard InChI is InChI=1S/C23H22Cl2N2O4S/c1-15-13-21(32(29,30)27-20-9-7-19(25)8-10-20)11-12-22(15)31-14-23(28)26-16(2)17-3-5-18(24)6-4-17/h3-13,16,27H,14H2,1-2H3,(H,26,28). The Bertz CT molecular complexity index is 1200. The number of rotatable bonds is 8. The van der Waals surface area contributed by atoms with Crippen molar-refractivity contribution in [2.45, 2.75) is 24.8 Å². The number of hydrogen-bond acceptors (Lipinski definition) is 4. The third-order valence-electron chi connectivity index (χ3n) is 4.66. The molecule has 32 heavy (non-hydrogen) atoms. The van der Waals surface area contributed by atoms with Crippen LogP contribution in [0.5, 0.6) is 5.75 Å². The maximum absolute atomic E-state index is 12.6. The minimum Gasteiger partial charge on any atom is -0.484 e. The first kappa shape index (κ1) is 23.9. The van der Waals surface area contributed by atoms with E-state index in [-0.39, 0.29) is 23.5 Å². The van der Waals surface area contributed by atoms with Crippen LogP contribution in [0.4, 0.5) is 5.69 Å². The smallest absolute Gasteiger partial charge is 0.261 e. The molecule has 0 aromatic heterocycles. The average molecular weight is 493 g/mol. The van der Waals surface area contributed by atoms with Crippen molar-refractivity contribution in [3.63, 3.8) is 0 Å². The molecule has 0 spiro atoms. The summed E-state index contributed by atoms with van der Waals surface area (Å²) in [4.78, 5) is 12.3. The molecule has 6 nitrogen and oxygen atoms in total. The highest BCUT2D eigenvalue weighted by Gasteiger charge is 2.17. The molecule has 0 aliphatic heterocycles. The molecule has 0 aliphatic carbocycles. The van der Waals surface area contributed by atoms with Gasteiger partial charge in [0.25, 0.3) is 15.9 Å². The van der Waals surface area contributed by atoms with Crippen LogP contribution in [0, 0.1) is 6.92 Å². The van der Waals surface area contributed by atoms with Gasteiger partial charge in [0, 0.05) is 15.7 Å². The molecule has 0 heterocycles. The average Bonchev–Trinajstić information content (AvgIpc) is 2.74. The zero-order valence-electron chi connectivity index (χ0n) is 17.4. The van der Waals surface area contributed by atoms with Crippen molar-refractivity contribution >= 4 is 44.8 Å². The Morgan fingerprint density at radius 2 is 1.56 bits per heavy atom. The van der Waals surface area contributed by atoms with Crippen LogP contribution in [0.25, 0.3) is 0 Å². The van der Waals surface area contributed by atoms with Gasteiger partial charge in [0.1, 0.15) is 5.75 Å². The topological polar surface area (TPSA) is 84.5 Å². The lowest BCUT2D eigenvalue weighted by Crippen LogP contribution is -2.31. The van der Waals surface area contributed by atoms with E-state index in [2.05, 4.69) is 10.0 Å². The molecule has 0 saturated carbocycles. The van der Waals surface area contributed by atoms with Crippen LogP contribution in [0.1, 0.15) is 24.1 Å². The Kier molecular flexibility index (Phi) is 7.66. The van der Waals surface area contributed by atoms with Crippen molar-refractivity contribution < 1.29 is 17.9 Å². The van der Waals surface area contributed by atoms with Crippen LogP contribution in [0.2, 0.25) is 10.0 Å². The molecule has 3 rings (SSSR count). The maximum atomic E-state index is 12.6. The van der Waals surface area contributed by atoms with Gasteiger partial charge in [0.2, 0.25) is 0 Å². The molecule has 0 fully saturated rings. The summed E-state index contributed by atoms with van der Waals surface area (Å²) in [6, 6.07) is 17.8. The molecule has 9 heteroatoms. The third-order valence-corrected chi connectivity index (χ3v) is 6.54. The molecule has 1 unspecified atom stereocenters. The minimum absolute atomic E-state index is 0.0816. The molecular weight excluding hydrogens is 471 g/mol. The fourth-order valence-electron chi connectivity index (χ4n) is 2.94. The van der Waals surface area contributed by atoms with Crippen LogP contribution in [-0.4, -0.2) is 20.9 Å². The molecule has 1 atom stereocenters. The Balaban J connectivity index is 1.60. The van der Waals surface area contributed by atoms with Gasteiger partial charge in [-0.2, -0.15) is 0 Å². The number of aryl methyl sites for hydroxylation is 1. The number of benzene rings is 3. The molecule has 0 radical (unpaired) electrons. The largest absolute Gasteiger partial charge is 0.484 e. The molecule has 0 saturated heterocycles. The van der Waals surface area contributed by atoms with E-state index in [4.69, 9.17) is 27.9 Å². The molecule has 3 aromatic rings. The molecule has 0 bridgehead atoms. The van der Waals surface area contributed by atoms with E-state index in [1.807, 2.05) is 19.1 Å².